The molecule has 0 amide bonds. The molecule has 0 fully saturated rings. The van der Waals surface area contributed by atoms with Gasteiger partial charge in [-0.1, -0.05) is 27.7 Å². The highest BCUT2D eigenvalue weighted by Gasteiger charge is 2.08. The van der Waals surface area contributed by atoms with Crippen LogP contribution in [0.15, 0.2) is 12.1 Å². The van der Waals surface area contributed by atoms with Gasteiger partial charge in [0.1, 0.15) is 0 Å². The Bertz CT molecular complexity index is 401. The number of rotatable bonds is 1. The fraction of sp³-hybridized carbons (Fsp3) is 0.429. The lowest BCUT2D eigenvalue weighted by atomic mass is 10.00. The van der Waals surface area contributed by atoms with Crippen molar-refractivity contribution in [3.63, 3.8) is 0 Å². The zero-order valence-electron chi connectivity index (χ0n) is 11.7. The number of nitrogens with one attached hydrogen (secondary N) is 1. The molecule has 3 N–H and O–H groups in total. The lowest BCUT2D eigenvalue weighted by Crippen LogP contribution is -2.03. The normalized spacial score (nSPS) is 7.82. The van der Waals surface area contributed by atoms with Crippen LogP contribution in [0.4, 0.5) is 5.69 Å². The molecule has 17 heavy (non-hydrogen) atoms. The SMILES string of the molecule is CC.CC.CC(=N)c1c(N)cc(C)cc1C#N. The summed E-state index contributed by atoms with van der Waals surface area (Å²) in [6, 6.07) is 5.55. The second-order valence-electron chi connectivity index (χ2n) is 3.01. The van der Waals surface area contributed by atoms with Crippen LogP contribution in [0.1, 0.15) is 51.3 Å². The van der Waals surface area contributed by atoms with E-state index in [2.05, 4.69) is 0 Å². The van der Waals surface area contributed by atoms with Crippen molar-refractivity contribution < 1.29 is 0 Å². The first-order valence-corrected chi connectivity index (χ1v) is 5.92. The molecule has 0 aliphatic heterocycles. The van der Waals surface area contributed by atoms with Gasteiger partial charge in [-0.05, 0) is 31.5 Å². The van der Waals surface area contributed by atoms with Crippen molar-refractivity contribution in [1.29, 1.82) is 10.7 Å². The molecule has 1 rings (SSSR count). The van der Waals surface area contributed by atoms with Crippen LogP contribution >= 0.6 is 0 Å². The summed E-state index contributed by atoms with van der Waals surface area (Å²) in [7, 11) is 0. The molecule has 1 aromatic carbocycles. The largest absolute Gasteiger partial charge is 0.398 e. The topological polar surface area (TPSA) is 73.7 Å². The maximum atomic E-state index is 8.81. The van der Waals surface area contributed by atoms with Crippen molar-refractivity contribution >= 4 is 11.4 Å². The van der Waals surface area contributed by atoms with Gasteiger partial charge in [0.15, 0.2) is 0 Å². The van der Waals surface area contributed by atoms with Crippen molar-refractivity contribution in [3.05, 3.63) is 28.8 Å². The van der Waals surface area contributed by atoms with E-state index in [4.69, 9.17) is 16.4 Å². The van der Waals surface area contributed by atoms with Crippen LogP contribution in [0, 0.1) is 23.7 Å². The average Bonchev–Trinajstić information content (AvgIpc) is 2.32. The summed E-state index contributed by atoms with van der Waals surface area (Å²) >= 11 is 0. The Hall–Kier alpha value is -1.82. The summed E-state index contributed by atoms with van der Waals surface area (Å²) in [4.78, 5) is 0. The monoisotopic (exact) mass is 233 g/mol. The minimum Gasteiger partial charge on any atom is -0.398 e. The van der Waals surface area contributed by atoms with Gasteiger partial charge >= 0.3 is 0 Å². The lowest BCUT2D eigenvalue weighted by molar-refractivity contribution is 1.38. The van der Waals surface area contributed by atoms with Crippen LogP contribution in [-0.4, -0.2) is 5.71 Å². The Labute approximate surface area is 105 Å². The van der Waals surface area contributed by atoms with E-state index in [0.29, 0.717) is 22.5 Å². The van der Waals surface area contributed by atoms with Gasteiger partial charge in [0.05, 0.1) is 11.6 Å². The van der Waals surface area contributed by atoms with E-state index in [9.17, 15) is 0 Å². The number of anilines is 1. The van der Waals surface area contributed by atoms with Gasteiger partial charge in [-0.3, -0.25) is 0 Å². The molecule has 3 heteroatoms. The third kappa shape index (κ3) is 5.17. The van der Waals surface area contributed by atoms with E-state index < -0.39 is 0 Å². The molecule has 0 aliphatic carbocycles. The van der Waals surface area contributed by atoms with E-state index in [1.165, 1.54) is 0 Å². The minimum absolute atomic E-state index is 0.328. The zero-order chi connectivity index (χ0) is 14.0. The predicted octanol–water partition coefficient (Wildman–Crippen LogP) is 3.89. The lowest BCUT2D eigenvalue weighted by Gasteiger charge is -2.06. The number of nitrogens with zero attached hydrogens (tertiary/aromatic N) is 1. The Morgan fingerprint density at radius 3 is 2.06 bits per heavy atom. The molecule has 0 aromatic heterocycles. The summed E-state index contributed by atoms with van der Waals surface area (Å²) in [5.41, 5.74) is 8.51. The number of aryl methyl sites for hydroxylation is 1. The van der Waals surface area contributed by atoms with Crippen LogP contribution in [0.25, 0.3) is 0 Å². The first-order chi connectivity index (χ1) is 8.06. The summed E-state index contributed by atoms with van der Waals surface area (Å²) in [6.45, 7) is 11.5. The van der Waals surface area contributed by atoms with Gasteiger partial charge in [-0.25, -0.2) is 0 Å². The van der Waals surface area contributed by atoms with E-state index in [-0.39, 0.29) is 0 Å². The molecule has 0 bridgehead atoms. The van der Waals surface area contributed by atoms with Gasteiger partial charge < -0.3 is 11.1 Å². The highest BCUT2D eigenvalue weighted by Crippen LogP contribution is 2.19. The molecule has 3 nitrogen and oxygen atoms in total. The zero-order valence-corrected chi connectivity index (χ0v) is 11.7. The summed E-state index contributed by atoms with van der Waals surface area (Å²) in [5, 5.41) is 16.3. The molecule has 0 spiro atoms. The molecule has 1 aromatic rings. The number of nitrogen functional groups attached to an aromatic ring is 1. The maximum Gasteiger partial charge on any atom is 0.0999 e. The molecule has 0 saturated carbocycles. The predicted molar refractivity (Wildman–Crippen MR) is 75.5 cm³/mol. The minimum atomic E-state index is 0.328. The number of hydrogen-bond acceptors (Lipinski definition) is 3. The third-order valence-corrected chi connectivity index (χ3v) is 1.81. The summed E-state index contributed by atoms with van der Waals surface area (Å²) in [6.07, 6.45) is 0. The van der Waals surface area contributed by atoms with Gasteiger partial charge in [0.25, 0.3) is 0 Å². The molecule has 0 atom stereocenters. The Morgan fingerprint density at radius 1 is 1.24 bits per heavy atom. The smallest absolute Gasteiger partial charge is 0.0999 e. The molecule has 0 radical (unpaired) electrons. The Morgan fingerprint density at radius 2 is 1.71 bits per heavy atom. The second kappa shape index (κ2) is 9.41. The molecular weight excluding hydrogens is 210 g/mol. The van der Waals surface area contributed by atoms with E-state index >= 15 is 0 Å². The molecule has 0 unspecified atom stereocenters. The number of nitrogens with two attached hydrogens (primary N) is 1. The van der Waals surface area contributed by atoms with E-state index in [1.54, 1.807) is 19.1 Å². The fourth-order valence-electron chi connectivity index (χ4n) is 1.32. The molecule has 0 heterocycles. The first-order valence-electron chi connectivity index (χ1n) is 5.92. The van der Waals surface area contributed by atoms with Crippen molar-refractivity contribution in [1.82, 2.24) is 0 Å². The fourth-order valence-corrected chi connectivity index (χ4v) is 1.32. The van der Waals surface area contributed by atoms with Gasteiger partial charge in [-0.15, -0.1) is 0 Å². The number of benzene rings is 1. The molecule has 94 valence electrons. The molecule has 0 aliphatic rings. The number of nitriles is 1. The van der Waals surface area contributed by atoms with Gasteiger partial charge in [-0.2, -0.15) is 5.26 Å². The average molecular weight is 233 g/mol. The van der Waals surface area contributed by atoms with Crippen LogP contribution < -0.4 is 5.73 Å². The second-order valence-corrected chi connectivity index (χ2v) is 3.01. The Kier molecular flexibility index (Phi) is 9.73. The van der Waals surface area contributed by atoms with E-state index in [1.807, 2.05) is 40.7 Å². The van der Waals surface area contributed by atoms with Gasteiger partial charge in [0, 0.05) is 17.0 Å². The third-order valence-electron chi connectivity index (χ3n) is 1.81. The van der Waals surface area contributed by atoms with Crippen molar-refractivity contribution in [2.24, 2.45) is 0 Å². The van der Waals surface area contributed by atoms with Crippen molar-refractivity contribution in [3.8, 4) is 6.07 Å². The number of hydrogen-bond donors (Lipinski definition) is 2. The van der Waals surface area contributed by atoms with Crippen molar-refractivity contribution in [2.75, 3.05) is 5.73 Å². The maximum absolute atomic E-state index is 8.81. The van der Waals surface area contributed by atoms with Crippen LogP contribution in [0.3, 0.4) is 0 Å². The summed E-state index contributed by atoms with van der Waals surface area (Å²) in [5.74, 6) is 0. The van der Waals surface area contributed by atoms with Crippen LogP contribution in [0.2, 0.25) is 0 Å². The highest BCUT2D eigenvalue weighted by atomic mass is 14.6. The van der Waals surface area contributed by atoms with Crippen LogP contribution in [0.5, 0.6) is 0 Å². The summed E-state index contributed by atoms with van der Waals surface area (Å²) < 4.78 is 0. The van der Waals surface area contributed by atoms with Gasteiger partial charge in [0.2, 0.25) is 0 Å². The van der Waals surface area contributed by atoms with Crippen LogP contribution in [-0.2, 0) is 0 Å². The molecular formula is C14H23N3. The Balaban J connectivity index is 0. The van der Waals surface area contributed by atoms with E-state index in [0.717, 1.165) is 5.56 Å². The standard InChI is InChI=1S/C10H11N3.2C2H6/c1-6-3-8(5-11)10(7(2)12)9(13)4-6;2*1-2/h3-4,12H,13H2,1-2H3;2*1-2H3. The first kappa shape index (κ1) is 17.6. The highest BCUT2D eigenvalue weighted by molar-refractivity contribution is 6.03. The quantitative estimate of drug-likeness (QED) is 0.570. The molecule has 0 saturated heterocycles. The van der Waals surface area contributed by atoms with Crippen molar-refractivity contribution in [2.45, 2.75) is 41.5 Å².